The Labute approximate surface area is 117 Å². The van der Waals surface area contributed by atoms with Crippen molar-refractivity contribution in [2.24, 2.45) is 0 Å². The topological polar surface area (TPSA) is 63.7 Å². The number of amides is 2. The van der Waals surface area contributed by atoms with E-state index in [1.54, 1.807) is 0 Å². The van der Waals surface area contributed by atoms with Crippen molar-refractivity contribution < 1.29 is 19.1 Å². The molecule has 0 N–H and O–H groups in total. The van der Waals surface area contributed by atoms with Crippen LogP contribution in [0.5, 0.6) is 0 Å². The summed E-state index contributed by atoms with van der Waals surface area (Å²) in [6, 6.07) is 3.84. The Bertz CT molecular complexity index is 553. The fourth-order valence-corrected chi connectivity index (χ4v) is 2.54. The minimum absolute atomic E-state index is 0.148. The lowest BCUT2D eigenvalue weighted by atomic mass is 9.96. The van der Waals surface area contributed by atoms with E-state index < -0.39 is 11.8 Å². The third-order valence-electron chi connectivity index (χ3n) is 3.31. The van der Waals surface area contributed by atoms with Gasteiger partial charge < -0.3 is 4.74 Å². The van der Waals surface area contributed by atoms with Gasteiger partial charge in [-0.15, -0.1) is 0 Å². The Kier molecular flexibility index (Phi) is 3.99. The average molecular weight is 275 g/mol. The molecule has 0 saturated carbocycles. The molecule has 0 radical (unpaired) electrons. The molecule has 0 bridgehead atoms. The monoisotopic (exact) mass is 275 g/mol. The minimum Gasteiger partial charge on any atom is -0.362 e. The number of rotatable bonds is 3. The van der Waals surface area contributed by atoms with Gasteiger partial charge in [-0.05, 0) is 31.9 Å². The highest BCUT2D eigenvalue weighted by Gasteiger charge is 2.29. The van der Waals surface area contributed by atoms with Crippen molar-refractivity contribution in [3.05, 3.63) is 34.4 Å². The zero-order valence-electron chi connectivity index (χ0n) is 11.9. The lowest BCUT2D eigenvalue weighted by Crippen LogP contribution is -2.48. The van der Waals surface area contributed by atoms with E-state index in [2.05, 4.69) is 0 Å². The SMILES string of the molecule is Cc1cc(C)c(C(=O)CN2C(=O)COCC2=O)c(C)c1. The molecule has 1 aromatic rings. The molecule has 20 heavy (non-hydrogen) atoms. The number of aryl methyl sites for hydroxylation is 3. The highest BCUT2D eigenvalue weighted by molar-refractivity contribution is 6.07. The molecule has 1 aromatic carbocycles. The van der Waals surface area contributed by atoms with E-state index in [1.165, 1.54) is 0 Å². The fourth-order valence-electron chi connectivity index (χ4n) is 2.54. The van der Waals surface area contributed by atoms with Crippen LogP contribution in [0.25, 0.3) is 0 Å². The standard InChI is InChI=1S/C15H17NO4/c1-9-4-10(2)15(11(3)5-9)12(17)6-16-13(18)7-20-8-14(16)19/h4-5H,6-8H2,1-3H3. The van der Waals surface area contributed by atoms with E-state index in [0.29, 0.717) is 5.56 Å². The van der Waals surface area contributed by atoms with Crippen LogP contribution >= 0.6 is 0 Å². The second-order valence-corrected chi connectivity index (χ2v) is 5.06. The molecule has 1 aliphatic rings. The van der Waals surface area contributed by atoms with Crippen molar-refractivity contribution in [2.75, 3.05) is 19.8 Å². The van der Waals surface area contributed by atoms with E-state index in [9.17, 15) is 14.4 Å². The van der Waals surface area contributed by atoms with Gasteiger partial charge in [-0.25, -0.2) is 0 Å². The third-order valence-corrected chi connectivity index (χ3v) is 3.31. The smallest absolute Gasteiger partial charge is 0.255 e. The summed E-state index contributed by atoms with van der Waals surface area (Å²) in [5.41, 5.74) is 3.39. The van der Waals surface area contributed by atoms with E-state index in [1.807, 2.05) is 32.9 Å². The van der Waals surface area contributed by atoms with Gasteiger partial charge in [0.15, 0.2) is 5.78 Å². The summed E-state index contributed by atoms with van der Waals surface area (Å²) >= 11 is 0. The summed E-state index contributed by atoms with van der Waals surface area (Å²) in [7, 11) is 0. The van der Waals surface area contributed by atoms with Gasteiger partial charge in [-0.3, -0.25) is 19.3 Å². The maximum Gasteiger partial charge on any atom is 0.255 e. The average Bonchev–Trinajstić information content (AvgIpc) is 2.32. The molecule has 0 aromatic heterocycles. The number of carbonyl (C=O) groups excluding carboxylic acids is 3. The number of morpholine rings is 1. The Morgan fingerprint density at radius 3 is 2.10 bits per heavy atom. The maximum absolute atomic E-state index is 12.4. The van der Waals surface area contributed by atoms with Gasteiger partial charge in [0, 0.05) is 5.56 Å². The lowest BCUT2D eigenvalue weighted by Gasteiger charge is -2.24. The summed E-state index contributed by atoms with van der Waals surface area (Å²) in [5.74, 6) is -1.14. The van der Waals surface area contributed by atoms with Crippen molar-refractivity contribution in [2.45, 2.75) is 20.8 Å². The molecular formula is C15H17NO4. The second-order valence-electron chi connectivity index (χ2n) is 5.06. The van der Waals surface area contributed by atoms with Crippen LogP contribution in [0, 0.1) is 20.8 Å². The normalized spacial score (nSPS) is 15.7. The largest absolute Gasteiger partial charge is 0.362 e. The number of hydrogen-bond donors (Lipinski definition) is 0. The first-order valence-corrected chi connectivity index (χ1v) is 6.42. The van der Waals surface area contributed by atoms with Crippen molar-refractivity contribution in [1.29, 1.82) is 0 Å². The first-order chi connectivity index (χ1) is 9.40. The summed E-state index contributed by atoms with van der Waals surface area (Å²) < 4.78 is 4.82. The molecule has 0 aliphatic carbocycles. The summed E-state index contributed by atoms with van der Waals surface area (Å²) in [6.07, 6.45) is 0. The van der Waals surface area contributed by atoms with Gasteiger partial charge in [0.05, 0.1) is 6.54 Å². The summed E-state index contributed by atoms with van der Waals surface area (Å²) in [4.78, 5) is 36.6. The van der Waals surface area contributed by atoms with Crippen LogP contribution in [-0.2, 0) is 14.3 Å². The van der Waals surface area contributed by atoms with Crippen molar-refractivity contribution in [3.63, 3.8) is 0 Å². The number of ketones is 1. The molecule has 106 valence electrons. The number of ether oxygens (including phenoxy) is 1. The van der Waals surface area contributed by atoms with Crippen LogP contribution in [0.3, 0.4) is 0 Å². The highest BCUT2D eigenvalue weighted by Crippen LogP contribution is 2.18. The summed E-state index contributed by atoms with van der Waals surface area (Å²) in [6.45, 7) is 5.16. The highest BCUT2D eigenvalue weighted by atomic mass is 16.5. The van der Waals surface area contributed by atoms with Gasteiger partial charge in [0.1, 0.15) is 13.2 Å². The molecule has 0 spiro atoms. The van der Waals surface area contributed by atoms with Crippen LogP contribution < -0.4 is 0 Å². The van der Waals surface area contributed by atoms with Crippen LogP contribution in [0.15, 0.2) is 12.1 Å². The molecule has 1 heterocycles. The predicted molar refractivity (Wildman–Crippen MR) is 72.5 cm³/mol. The molecule has 1 saturated heterocycles. The Balaban J connectivity index is 2.24. The van der Waals surface area contributed by atoms with E-state index >= 15 is 0 Å². The maximum atomic E-state index is 12.4. The predicted octanol–water partition coefficient (Wildman–Crippen LogP) is 1.18. The van der Waals surface area contributed by atoms with Crippen LogP contribution in [-0.4, -0.2) is 42.3 Å². The van der Waals surface area contributed by atoms with Crippen molar-refractivity contribution in [3.8, 4) is 0 Å². The number of carbonyl (C=O) groups is 3. The molecule has 2 amide bonds. The number of benzene rings is 1. The number of hydrogen-bond acceptors (Lipinski definition) is 4. The van der Waals surface area contributed by atoms with Gasteiger partial charge in [-0.2, -0.15) is 0 Å². The van der Waals surface area contributed by atoms with Crippen LogP contribution in [0.4, 0.5) is 0 Å². The Morgan fingerprint density at radius 1 is 1.10 bits per heavy atom. The molecular weight excluding hydrogens is 258 g/mol. The number of nitrogens with zero attached hydrogens (tertiary/aromatic N) is 1. The number of imide groups is 1. The van der Waals surface area contributed by atoms with E-state index in [4.69, 9.17) is 4.74 Å². The van der Waals surface area contributed by atoms with Gasteiger partial charge in [0.25, 0.3) is 11.8 Å². The van der Waals surface area contributed by atoms with E-state index in [0.717, 1.165) is 21.6 Å². The van der Waals surface area contributed by atoms with Crippen LogP contribution in [0.2, 0.25) is 0 Å². The molecule has 1 aliphatic heterocycles. The second kappa shape index (κ2) is 5.54. The molecule has 1 fully saturated rings. The molecule has 2 rings (SSSR count). The zero-order valence-corrected chi connectivity index (χ0v) is 11.9. The molecule has 5 heteroatoms. The van der Waals surface area contributed by atoms with E-state index in [-0.39, 0.29) is 25.5 Å². The third kappa shape index (κ3) is 2.77. The van der Waals surface area contributed by atoms with Crippen LogP contribution in [0.1, 0.15) is 27.0 Å². The summed E-state index contributed by atoms with van der Waals surface area (Å²) in [5, 5.41) is 0. The zero-order chi connectivity index (χ0) is 14.9. The Morgan fingerprint density at radius 2 is 1.60 bits per heavy atom. The fraction of sp³-hybridized carbons (Fsp3) is 0.400. The quantitative estimate of drug-likeness (QED) is 0.614. The molecule has 0 atom stereocenters. The first-order valence-electron chi connectivity index (χ1n) is 6.42. The van der Waals surface area contributed by atoms with Gasteiger partial charge in [-0.1, -0.05) is 17.7 Å². The van der Waals surface area contributed by atoms with Crippen molar-refractivity contribution in [1.82, 2.24) is 4.90 Å². The van der Waals surface area contributed by atoms with Gasteiger partial charge >= 0.3 is 0 Å². The molecule has 0 unspecified atom stereocenters. The Hall–Kier alpha value is -2.01. The first kappa shape index (κ1) is 14.4. The minimum atomic E-state index is -0.461. The molecule has 5 nitrogen and oxygen atoms in total. The van der Waals surface area contributed by atoms with Crippen molar-refractivity contribution >= 4 is 17.6 Å². The number of Topliss-reactive ketones (excluding diaryl/α,β-unsaturated/α-hetero) is 1. The lowest BCUT2D eigenvalue weighted by molar-refractivity contribution is -0.157. The van der Waals surface area contributed by atoms with Gasteiger partial charge in [0.2, 0.25) is 0 Å².